The first kappa shape index (κ1) is 17.9. The average molecular weight is 360 g/mol. The van der Waals surface area contributed by atoms with Gasteiger partial charge in [-0.05, 0) is 36.3 Å². The van der Waals surface area contributed by atoms with E-state index in [1.807, 2.05) is 31.2 Å². The fourth-order valence-electron chi connectivity index (χ4n) is 3.01. The molecule has 0 saturated heterocycles. The molecule has 0 aliphatic carbocycles. The summed E-state index contributed by atoms with van der Waals surface area (Å²) in [5.74, 6) is -0.432. The van der Waals surface area contributed by atoms with Crippen LogP contribution in [0.15, 0.2) is 48.2 Å². The number of hydrogen-bond acceptors (Lipinski definition) is 5. The van der Waals surface area contributed by atoms with E-state index >= 15 is 0 Å². The molecule has 0 fully saturated rings. The van der Waals surface area contributed by atoms with Crippen molar-refractivity contribution in [2.75, 3.05) is 12.4 Å². The minimum atomic E-state index is -0.514. The first-order valence-corrected chi connectivity index (χ1v) is 8.15. The fourth-order valence-corrected chi connectivity index (χ4v) is 3.01. The SMILES string of the molecule is CNc1ccc(C=C(C#N)C(=O)c2c[nH]c3cccc(C)c23)cc1[N+](=O)[O-]. The number of ketones is 1. The van der Waals surface area contributed by atoms with Gasteiger partial charge in [0.1, 0.15) is 17.3 Å². The number of hydrogen-bond donors (Lipinski definition) is 2. The molecule has 3 rings (SSSR count). The quantitative estimate of drug-likeness (QED) is 0.233. The number of aryl methyl sites for hydroxylation is 1. The van der Waals surface area contributed by atoms with Crippen molar-refractivity contribution < 1.29 is 9.72 Å². The van der Waals surface area contributed by atoms with Crippen LogP contribution in [0.1, 0.15) is 21.5 Å². The largest absolute Gasteiger partial charge is 0.383 e. The van der Waals surface area contributed by atoms with Crippen LogP contribution >= 0.6 is 0 Å². The van der Waals surface area contributed by atoms with Crippen LogP contribution in [0.25, 0.3) is 17.0 Å². The number of aromatic nitrogens is 1. The normalized spacial score (nSPS) is 11.2. The maximum absolute atomic E-state index is 12.9. The lowest BCUT2D eigenvalue weighted by Crippen LogP contribution is -2.02. The summed E-state index contributed by atoms with van der Waals surface area (Å²) in [5.41, 5.74) is 2.67. The number of nitrogens with one attached hydrogen (secondary N) is 2. The number of nitro groups is 1. The van der Waals surface area contributed by atoms with E-state index in [-0.39, 0.29) is 11.3 Å². The predicted molar refractivity (Wildman–Crippen MR) is 104 cm³/mol. The van der Waals surface area contributed by atoms with Crippen molar-refractivity contribution in [1.29, 1.82) is 5.26 Å². The molecule has 0 aliphatic rings. The summed E-state index contributed by atoms with van der Waals surface area (Å²) in [4.78, 5) is 26.6. The molecule has 2 N–H and O–H groups in total. The molecule has 0 bridgehead atoms. The Hall–Kier alpha value is -3.92. The first-order valence-electron chi connectivity index (χ1n) is 8.15. The molecule has 0 radical (unpaired) electrons. The summed E-state index contributed by atoms with van der Waals surface area (Å²) < 4.78 is 0. The number of fused-ring (bicyclic) bond motifs is 1. The van der Waals surface area contributed by atoms with Gasteiger partial charge in [-0.2, -0.15) is 5.26 Å². The van der Waals surface area contributed by atoms with Gasteiger partial charge in [-0.25, -0.2) is 0 Å². The Morgan fingerprint density at radius 1 is 1.33 bits per heavy atom. The third-order valence-electron chi connectivity index (χ3n) is 4.32. The number of rotatable bonds is 5. The summed E-state index contributed by atoms with van der Waals surface area (Å²) in [6.45, 7) is 1.89. The predicted octanol–water partition coefficient (Wildman–Crippen LogP) is 4.22. The number of nitrogens with zero attached hydrogens (tertiary/aromatic N) is 2. The van der Waals surface area contributed by atoms with Crippen LogP contribution < -0.4 is 5.32 Å². The third kappa shape index (κ3) is 3.28. The molecule has 0 atom stereocenters. The van der Waals surface area contributed by atoms with Crippen molar-refractivity contribution in [2.45, 2.75) is 6.92 Å². The highest BCUT2D eigenvalue weighted by Crippen LogP contribution is 2.28. The van der Waals surface area contributed by atoms with Crippen LogP contribution in [-0.4, -0.2) is 22.7 Å². The topological polar surface area (TPSA) is 112 Å². The van der Waals surface area contributed by atoms with Crippen molar-refractivity contribution in [3.63, 3.8) is 0 Å². The zero-order valence-corrected chi connectivity index (χ0v) is 14.7. The van der Waals surface area contributed by atoms with Crippen LogP contribution in [0.3, 0.4) is 0 Å². The summed E-state index contributed by atoms with van der Waals surface area (Å²) >= 11 is 0. The second-order valence-electron chi connectivity index (χ2n) is 5.98. The third-order valence-corrected chi connectivity index (χ3v) is 4.32. The van der Waals surface area contributed by atoms with Crippen LogP contribution in [-0.2, 0) is 0 Å². The number of allylic oxidation sites excluding steroid dienone is 1. The van der Waals surface area contributed by atoms with Crippen molar-refractivity contribution >= 4 is 34.1 Å². The molecular weight excluding hydrogens is 344 g/mol. The van der Waals surface area contributed by atoms with E-state index in [0.717, 1.165) is 16.5 Å². The van der Waals surface area contributed by atoms with Gasteiger partial charge >= 0.3 is 0 Å². The molecule has 7 nitrogen and oxygen atoms in total. The Morgan fingerprint density at radius 2 is 2.11 bits per heavy atom. The Morgan fingerprint density at radius 3 is 2.78 bits per heavy atom. The van der Waals surface area contributed by atoms with Gasteiger partial charge in [0.25, 0.3) is 5.69 Å². The van der Waals surface area contributed by atoms with E-state index in [4.69, 9.17) is 0 Å². The molecule has 0 aliphatic heterocycles. The Bertz CT molecular complexity index is 1140. The van der Waals surface area contributed by atoms with Gasteiger partial charge in [-0.15, -0.1) is 0 Å². The molecule has 0 amide bonds. The first-order chi connectivity index (χ1) is 13.0. The van der Waals surface area contributed by atoms with Gasteiger partial charge in [0.05, 0.1) is 4.92 Å². The van der Waals surface area contributed by atoms with E-state index in [1.165, 1.54) is 12.1 Å². The van der Waals surface area contributed by atoms with Gasteiger partial charge in [-0.3, -0.25) is 14.9 Å². The molecule has 1 aromatic heterocycles. The highest BCUT2D eigenvalue weighted by Gasteiger charge is 2.19. The molecule has 3 aromatic rings. The van der Waals surface area contributed by atoms with Crippen molar-refractivity contribution in [2.24, 2.45) is 0 Å². The monoisotopic (exact) mass is 360 g/mol. The number of carbonyl (C=O) groups excluding carboxylic acids is 1. The molecule has 0 spiro atoms. The molecule has 7 heteroatoms. The van der Waals surface area contributed by atoms with E-state index < -0.39 is 10.7 Å². The number of aromatic amines is 1. The maximum atomic E-state index is 12.9. The molecule has 0 unspecified atom stereocenters. The van der Waals surface area contributed by atoms with Crippen LogP contribution in [0, 0.1) is 28.4 Å². The number of H-pyrrole nitrogens is 1. The van der Waals surface area contributed by atoms with Gasteiger partial charge < -0.3 is 10.3 Å². The summed E-state index contributed by atoms with van der Waals surface area (Å²) in [6.07, 6.45) is 2.95. The van der Waals surface area contributed by atoms with E-state index in [1.54, 1.807) is 25.4 Å². The second kappa shape index (κ2) is 7.14. The number of nitriles is 1. The summed E-state index contributed by atoms with van der Waals surface area (Å²) in [6, 6.07) is 12.0. The zero-order chi connectivity index (χ0) is 19.6. The van der Waals surface area contributed by atoms with Crippen molar-refractivity contribution in [3.8, 4) is 6.07 Å². The van der Waals surface area contributed by atoms with E-state index in [0.29, 0.717) is 16.8 Å². The second-order valence-corrected chi connectivity index (χ2v) is 5.98. The average Bonchev–Trinajstić information content (AvgIpc) is 3.11. The Labute approximate surface area is 155 Å². The maximum Gasteiger partial charge on any atom is 0.292 e. The highest BCUT2D eigenvalue weighted by molar-refractivity contribution is 6.20. The molecule has 134 valence electrons. The number of anilines is 1. The van der Waals surface area contributed by atoms with Gasteiger partial charge in [0.2, 0.25) is 5.78 Å². The Kier molecular flexibility index (Phi) is 4.73. The van der Waals surface area contributed by atoms with Gasteiger partial charge in [0.15, 0.2) is 0 Å². The minimum Gasteiger partial charge on any atom is -0.383 e. The molecular formula is C20H16N4O3. The molecule has 2 aromatic carbocycles. The summed E-state index contributed by atoms with van der Waals surface area (Å²) in [7, 11) is 1.58. The molecule has 0 saturated carbocycles. The van der Waals surface area contributed by atoms with Crippen LogP contribution in [0.5, 0.6) is 0 Å². The minimum absolute atomic E-state index is 0.0920. The molecule has 1 heterocycles. The molecule has 27 heavy (non-hydrogen) atoms. The van der Waals surface area contributed by atoms with E-state index in [2.05, 4.69) is 10.3 Å². The zero-order valence-electron chi connectivity index (χ0n) is 14.7. The van der Waals surface area contributed by atoms with Crippen LogP contribution in [0.2, 0.25) is 0 Å². The number of carbonyl (C=O) groups is 1. The number of nitro benzene ring substituents is 1. The van der Waals surface area contributed by atoms with Crippen molar-refractivity contribution in [1.82, 2.24) is 4.98 Å². The van der Waals surface area contributed by atoms with Gasteiger partial charge in [-0.1, -0.05) is 18.2 Å². The van der Waals surface area contributed by atoms with Crippen molar-refractivity contribution in [3.05, 3.63) is 75.0 Å². The number of benzene rings is 2. The van der Waals surface area contributed by atoms with Crippen LogP contribution in [0.4, 0.5) is 11.4 Å². The standard InChI is InChI=1S/C20H16N4O3/c1-12-4-3-5-17-19(12)15(11-23-17)20(25)14(10-21)8-13-6-7-16(22-2)18(9-13)24(26)27/h3-9,11,22-23H,1-2H3. The highest BCUT2D eigenvalue weighted by atomic mass is 16.6. The van der Waals surface area contributed by atoms with E-state index in [9.17, 15) is 20.2 Å². The smallest absolute Gasteiger partial charge is 0.292 e. The lowest BCUT2D eigenvalue weighted by Gasteiger charge is -2.04. The summed E-state index contributed by atoms with van der Waals surface area (Å²) in [5, 5.41) is 24.2. The van der Waals surface area contributed by atoms with Gasteiger partial charge in [0, 0.05) is 35.8 Å². The number of Topliss-reactive ketones (excluding diaryl/α,β-unsaturated/α-hetero) is 1. The lowest BCUT2D eigenvalue weighted by molar-refractivity contribution is -0.383. The fraction of sp³-hybridized carbons (Fsp3) is 0.100. The Balaban J connectivity index is 2.07. The lowest BCUT2D eigenvalue weighted by atomic mass is 9.99.